The number of hydrogen-bond acceptors (Lipinski definition) is 4. The van der Waals surface area contributed by atoms with E-state index in [1.807, 2.05) is 13.0 Å². The molecule has 1 unspecified atom stereocenters. The number of aryl methyl sites for hydroxylation is 1. The Hall–Kier alpha value is -2.11. The average molecular weight is 372 g/mol. The van der Waals surface area contributed by atoms with Crippen molar-refractivity contribution in [1.82, 2.24) is 10.2 Å². The van der Waals surface area contributed by atoms with Crippen molar-refractivity contribution >= 4 is 0 Å². The molecule has 2 aromatic carbocycles. The van der Waals surface area contributed by atoms with Gasteiger partial charge in [-0.15, -0.1) is 0 Å². The van der Waals surface area contributed by atoms with Gasteiger partial charge < -0.3 is 19.7 Å². The van der Waals surface area contributed by atoms with Crippen molar-refractivity contribution in [2.75, 3.05) is 40.9 Å². The summed E-state index contributed by atoms with van der Waals surface area (Å²) in [7, 11) is 5.77. The van der Waals surface area contributed by atoms with Crippen LogP contribution in [0.15, 0.2) is 30.3 Å². The molecule has 0 bridgehead atoms. The number of fused-ring (bicyclic) bond motifs is 1. The third-order valence-corrected chi connectivity index (χ3v) is 4.88. The monoisotopic (exact) mass is 372 g/mol. The maximum Gasteiger partial charge on any atom is 0.161 e. The van der Waals surface area contributed by atoms with Crippen LogP contribution in [0, 0.1) is 12.7 Å². The summed E-state index contributed by atoms with van der Waals surface area (Å²) in [6, 6.07) is 9.29. The van der Waals surface area contributed by atoms with Gasteiger partial charge >= 0.3 is 0 Å². The molecular formula is C22H29FN2O2. The standard InChI is InChI=1S/C22H29FN2O2/c1-15-10-17(12-18(23)11-15)22-19-14-21(27-9-5-8-25(2)3)20(26-4)13-16(19)6-7-24-22/h10-14,22,24H,5-9H2,1-4H3. The molecule has 4 nitrogen and oxygen atoms in total. The number of ether oxygens (including phenoxy) is 2. The van der Waals surface area contributed by atoms with Crippen LogP contribution in [0.25, 0.3) is 0 Å². The van der Waals surface area contributed by atoms with E-state index in [-0.39, 0.29) is 11.9 Å². The molecule has 0 fully saturated rings. The fourth-order valence-corrected chi connectivity index (χ4v) is 3.63. The average Bonchev–Trinajstić information content (AvgIpc) is 2.63. The highest BCUT2D eigenvalue weighted by Gasteiger charge is 2.24. The molecule has 0 saturated carbocycles. The minimum atomic E-state index is -0.201. The number of rotatable bonds is 7. The highest BCUT2D eigenvalue weighted by atomic mass is 19.1. The van der Waals surface area contributed by atoms with E-state index < -0.39 is 0 Å². The third kappa shape index (κ3) is 4.79. The number of hydrogen-bond donors (Lipinski definition) is 1. The highest BCUT2D eigenvalue weighted by Crippen LogP contribution is 2.38. The first-order valence-corrected chi connectivity index (χ1v) is 9.46. The molecule has 0 saturated heterocycles. The van der Waals surface area contributed by atoms with E-state index in [9.17, 15) is 4.39 Å². The van der Waals surface area contributed by atoms with Gasteiger partial charge in [0.25, 0.3) is 0 Å². The zero-order valence-electron chi connectivity index (χ0n) is 16.6. The smallest absolute Gasteiger partial charge is 0.161 e. The van der Waals surface area contributed by atoms with E-state index >= 15 is 0 Å². The topological polar surface area (TPSA) is 33.7 Å². The van der Waals surface area contributed by atoms with Gasteiger partial charge in [0.05, 0.1) is 19.8 Å². The second-order valence-electron chi connectivity index (χ2n) is 7.41. The van der Waals surface area contributed by atoms with Crippen LogP contribution in [0.1, 0.15) is 34.7 Å². The zero-order valence-corrected chi connectivity index (χ0v) is 16.6. The summed E-state index contributed by atoms with van der Waals surface area (Å²) in [4.78, 5) is 2.14. The summed E-state index contributed by atoms with van der Waals surface area (Å²) in [5.74, 6) is 1.30. The Morgan fingerprint density at radius 1 is 1.15 bits per heavy atom. The molecule has 0 aromatic heterocycles. The largest absolute Gasteiger partial charge is 0.493 e. The Morgan fingerprint density at radius 3 is 2.67 bits per heavy atom. The summed E-state index contributed by atoms with van der Waals surface area (Å²) in [6.45, 7) is 4.37. The molecule has 27 heavy (non-hydrogen) atoms. The van der Waals surface area contributed by atoms with Crippen LogP contribution in [-0.2, 0) is 6.42 Å². The van der Waals surface area contributed by atoms with Gasteiger partial charge in [-0.1, -0.05) is 6.07 Å². The Morgan fingerprint density at radius 2 is 1.96 bits per heavy atom. The van der Waals surface area contributed by atoms with Crippen molar-refractivity contribution in [3.63, 3.8) is 0 Å². The van der Waals surface area contributed by atoms with E-state index in [0.29, 0.717) is 6.61 Å². The molecular weight excluding hydrogens is 343 g/mol. The fraction of sp³-hybridized carbons (Fsp3) is 0.455. The van der Waals surface area contributed by atoms with Crippen molar-refractivity contribution in [2.24, 2.45) is 0 Å². The summed E-state index contributed by atoms with van der Waals surface area (Å²) < 4.78 is 25.5. The first kappa shape index (κ1) is 19.6. The van der Waals surface area contributed by atoms with Gasteiger partial charge in [0, 0.05) is 13.1 Å². The number of nitrogens with one attached hydrogen (secondary N) is 1. The molecule has 1 heterocycles. The van der Waals surface area contributed by atoms with Crippen LogP contribution < -0.4 is 14.8 Å². The Labute approximate surface area is 161 Å². The predicted octanol–water partition coefficient (Wildman–Crippen LogP) is 3.71. The molecule has 5 heteroatoms. The maximum absolute atomic E-state index is 14.0. The number of halogens is 1. The Kier molecular flexibility index (Phi) is 6.34. The molecule has 146 valence electrons. The molecule has 2 aromatic rings. The highest BCUT2D eigenvalue weighted by molar-refractivity contribution is 5.51. The normalized spacial score (nSPS) is 16.3. The van der Waals surface area contributed by atoms with E-state index in [2.05, 4.69) is 36.4 Å². The second kappa shape index (κ2) is 8.72. The maximum atomic E-state index is 14.0. The molecule has 0 aliphatic carbocycles. The van der Waals surface area contributed by atoms with Gasteiger partial charge in [-0.05, 0) is 80.4 Å². The van der Waals surface area contributed by atoms with Gasteiger partial charge in [0.2, 0.25) is 0 Å². The number of nitrogens with zero attached hydrogens (tertiary/aromatic N) is 1. The van der Waals surface area contributed by atoms with E-state index in [4.69, 9.17) is 9.47 Å². The van der Waals surface area contributed by atoms with E-state index in [0.717, 1.165) is 54.1 Å². The van der Waals surface area contributed by atoms with Crippen molar-refractivity contribution in [2.45, 2.75) is 25.8 Å². The predicted molar refractivity (Wildman–Crippen MR) is 106 cm³/mol. The van der Waals surface area contributed by atoms with Gasteiger partial charge in [0.15, 0.2) is 11.5 Å². The zero-order chi connectivity index (χ0) is 19.4. The summed E-state index contributed by atoms with van der Waals surface area (Å²) in [6.07, 6.45) is 1.86. The molecule has 0 radical (unpaired) electrons. The molecule has 1 atom stereocenters. The third-order valence-electron chi connectivity index (χ3n) is 4.88. The second-order valence-corrected chi connectivity index (χ2v) is 7.41. The van der Waals surface area contributed by atoms with Crippen LogP contribution in [0.3, 0.4) is 0 Å². The summed E-state index contributed by atoms with van der Waals surface area (Å²) in [5.41, 5.74) is 4.22. The van der Waals surface area contributed by atoms with Crippen LogP contribution in [0.4, 0.5) is 4.39 Å². The number of benzene rings is 2. The van der Waals surface area contributed by atoms with Crippen LogP contribution >= 0.6 is 0 Å². The van der Waals surface area contributed by atoms with Crippen molar-refractivity contribution in [3.8, 4) is 11.5 Å². The first-order chi connectivity index (χ1) is 13.0. The molecule has 1 aliphatic rings. The minimum Gasteiger partial charge on any atom is -0.493 e. The van der Waals surface area contributed by atoms with Crippen LogP contribution in [0.2, 0.25) is 0 Å². The fourth-order valence-electron chi connectivity index (χ4n) is 3.63. The lowest BCUT2D eigenvalue weighted by molar-refractivity contribution is 0.267. The number of methoxy groups -OCH3 is 1. The van der Waals surface area contributed by atoms with E-state index in [1.165, 1.54) is 5.56 Å². The van der Waals surface area contributed by atoms with Crippen molar-refractivity contribution < 1.29 is 13.9 Å². The van der Waals surface area contributed by atoms with Gasteiger partial charge in [-0.2, -0.15) is 0 Å². The lowest BCUT2D eigenvalue weighted by Crippen LogP contribution is -2.30. The van der Waals surface area contributed by atoms with Gasteiger partial charge in [-0.3, -0.25) is 0 Å². The Bertz CT molecular complexity index is 772. The molecule has 3 rings (SSSR count). The lowest BCUT2D eigenvalue weighted by atomic mass is 9.89. The summed E-state index contributed by atoms with van der Waals surface area (Å²) >= 11 is 0. The lowest BCUT2D eigenvalue weighted by Gasteiger charge is -2.29. The quantitative estimate of drug-likeness (QED) is 0.752. The summed E-state index contributed by atoms with van der Waals surface area (Å²) in [5, 5.41) is 3.52. The first-order valence-electron chi connectivity index (χ1n) is 9.46. The van der Waals surface area contributed by atoms with Crippen LogP contribution in [0.5, 0.6) is 11.5 Å². The van der Waals surface area contributed by atoms with E-state index in [1.54, 1.807) is 19.2 Å². The SMILES string of the molecule is COc1cc2c(cc1OCCCN(C)C)C(c1cc(C)cc(F)c1)NCC2. The molecule has 1 aliphatic heterocycles. The van der Waals surface area contributed by atoms with Crippen molar-refractivity contribution in [1.29, 1.82) is 0 Å². The molecule has 0 amide bonds. The van der Waals surface area contributed by atoms with Gasteiger partial charge in [0.1, 0.15) is 5.82 Å². The Balaban J connectivity index is 1.90. The van der Waals surface area contributed by atoms with Gasteiger partial charge in [-0.25, -0.2) is 4.39 Å². The van der Waals surface area contributed by atoms with Crippen molar-refractivity contribution in [3.05, 3.63) is 58.4 Å². The minimum absolute atomic E-state index is 0.0434. The molecule has 0 spiro atoms. The van der Waals surface area contributed by atoms with Crippen LogP contribution in [-0.4, -0.2) is 45.8 Å². The molecule has 1 N–H and O–H groups in total.